The first kappa shape index (κ1) is 14.2. The number of aryl methyl sites for hydroxylation is 2. The van der Waals surface area contributed by atoms with Gasteiger partial charge in [0.25, 0.3) is 0 Å². The van der Waals surface area contributed by atoms with Gasteiger partial charge < -0.3 is 5.11 Å². The summed E-state index contributed by atoms with van der Waals surface area (Å²) in [4.78, 5) is 4.31. The van der Waals surface area contributed by atoms with Gasteiger partial charge in [-0.25, -0.2) is 9.67 Å². The lowest BCUT2D eigenvalue weighted by atomic mass is 10.1. The van der Waals surface area contributed by atoms with Gasteiger partial charge in [-0.15, -0.1) is 0 Å². The summed E-state index contributed by atoms with van der Waals surface area (Å²) >= 11 is 3.55. The molecule has 0 radical (unpaired) electrons. The zero-order valence-electron chi connectivity index (χ0n) is 11.6. The molecule has 0 atom stereocenters. The Morgan fingerprint density at radius 1 is 1.26 bits per heavy atom. The van der Waals surface area contributed by atoms with E-state index >= 15 is 0 Å². The van der Waals surface area contributed by atoms with Crippen LogP contribution in [0.15, 0.2) is 22.9 Å². The second-order valence-corrected chi connectivity index (χ2v) is 6.30. The fourth-order valence-corrected chi connectivity index (χ4v) is 2.20. The molecule has 0 saturated heterocycles. The Morgan fingerprint density at radius 2 is 1.84 bits per heavy atom. The van der Waals surface area contributed by atoms with Crippen molar-refractivity contribution in [3.8, 4) is 11.4 Å². The van der Waals surface area contributed by atoms with Crippen molar-refractivity contribution in [3.05, 3.63) is 34.1 Å². The van der Waals surface area contributed by atoms with E-state index < -0.39 is 5.60 Å². The zero-order chi connectivity index (χ0) is 14.2. The lowest BCUT2D eigenvalue weighted by Crippen LogP contribution is -2.26. The third-order valence-electron chi connectivity index (χ3n) is 2.78. The van der Waals surface area contributed by atoms with Crippen LogP contribution in [0.1, 0.15) is 25.0 Å². The molecule has 0 aliphatic carbocycles. The standard InChI is InChI=1S/C14H18BrN3O/c1-9-5-11(6-10(2)12(9)15)13-16-8-18(17-13)7-14(3,4)19/h5-6,8,19H,7H2,1-4H3. The molecule has 0 unspecified atom stereocenters. The maximum Gasteiger partial charge on any atom is 0.181 e. The van der Waals surface area contributed by atoms with Crippen molar-refractivity contribution in [2.45, 2.75) is 39.8 Å². The molecule has 0 aliphatic heterocycles. The van der Waals surface area contributed by atoms with E-state index in [1.54, 1.807) is 24.9 Å². The van der Waals surface area contributed by atoms with Crippen LogP contribution in [0.3, 0.4) is 0 Å². The van der Waals surface area contributed by atoms with Crippen molar-refractivity contribution < 1.29 is 5.11 Å². The van der Waals surface area contributed by atoms with Crippen LogP contribution in [0.2, 0.25) is 0 Å². The normalized spacial score (nSPS) is 11.9. The van der Waals surface area contributed by atoms with E-state index in [2.05, 4.69) is 52.0 Å². The molecule has 102 valence electrons. The first-order valence-corrected chi connectivity index (χ1v) is 6.94. The lowest BCUT2D eigenvalue weighted by Gasteiger charge is -2.15. The highest BCUT2D eigenvalue weighted by Gasteiger charge is 2.15. The molecule has 0 fully saturated rings. The van der Waals surface area contributed by atoms with Crippen molar-refractivity contribution in [2.24, 2.45) is 0 Å². The second-order valence-electron chi connectivity index (χ2n) is 5.50. The van der Waals surface area contributed by atoms with E-state index in [-0.39, 0.29) is 0 Å². The number of rotatable bonds is 3. The number of aromatic nitrogens is 3. The van der Waals surface area contributed by atoms with Crippen LogP contribution in [-0.2, 0) is 6.54 Å². The van der Waals surface area contributed by atoms with Crippen molar-refractivity contribution in [3.63, 3.8) is 0 Å². The monoisotopic (exact) mass is 323 g/mol. The van der Waals surface area contributed by atoms with Gasteiger partial charge in [0.1, 0.15) is 6.33 Å². The van der Waals surface area contributed by atoms with Crippen molar-refractivity contribution in [1.29, 1.82) is 0 Å². The van der Waals surface area contributed by atoms with E-state index in [1.807, 2.05) is 0 Å². The van der Waals surface area contributed by atoms with E-state index in [0.29, 0.717) is 12.4 Å². The van der Waals surface area contributed by atoms with Crippen LogP contribution < -0.4 is 0 Å². The Hall–Kier alpha value is -1.20. The van der Waals surface area contributed by atoms with Crippen LogP contribution in [0.5, 0.6) is 0 Å². The molecule has 2 rings (SSSR count). The van der Waals surface area contributed by atoms with E-state index in [9.17, 15) is 5.11 Å². The molecule has 19 heavy (non-hydrogen) atoms. The molecule has 0 saturated carbocycles. The van der Waals surface area contributed by atoms with Crippen molar-refractivity contribution in [2.75, 3.05) is 0 Å². The Kier molecular flexibility index (Phi) is 3.78. The first-order chi connectivity index (χ1) is 8.76. The fraction of sp³-hybridized carbons (Fsp3) is 0.429. The molecule has 0 bridgehead atoms. The minimum absolute atomic E-state index is 0.425. The van der Waals surface area contributed by atoms with Gasteiger partial charge in [-0.2, -0.15) is 5.10 Å². The summed E-state index contributed by atoms with van der Waals surface area (Å²) in [5, 5.41) is 14.2. The van der Waals surface area contributed by atoms with Crippen molar-refractivity contribution >= 4 is 15.9 Å². The molecule has 1 N–H and O–H groups in total. The number of hydrogen-bond acceptors (Lipinski definition) is 3. The van der Waals surface area contributed by atoms with E-state index in [4.69, 9.17) is 0 Å². The molecule has 4 nitrogen and oxygen atoms in total. The topological polar surface area (TPSA) is 50.9 Å². The van der Waals surface area contributed by atoms with Gasteiger partial charge in [0.15, 0.2) is 5.82 Å². The van der Waals surface area contributed by atoms with Crippen LogP contribution in [-0.4, -0.2) is 25.5 Å². The molecule has 0 spiro atoms. The number of nitrogens with zero attached hydrogens (tertiary/aromatic N) is 3. The van der Waals surface area contributed by atoms with Gasteiger partial charge in [-0.3, -0.25) is 0 Å². The maximum absolute atomic E-state index is 9.78. The molecule has 1 heterocycles. The summed E-state index contributed by atoms with van der Waals surface area (Å²) in [5.41, 5.74) is 2.52. The average Bonchev–Trinajstić information content (AvgIpc) is 2.71. The molecule has 0 amide bonds. The van der Waals surface area contributed by atoms with Crippen LogP contribution in [0.25, 0.3) is 11.4 Å². The third-order valence-corrected chi connectivity index (χ3v) is 4.03. The Labute approximate surface area is 121 Å². The number of benzene rings is 1. The van der Waals surface area contributed by atoms with Gasteiger partial charge >= 0.3 is 0 Å². The molecule has 0 aliphatic rings. The highest BCUT2D eigenvalue weighted by atomic mass is 79.9. The van der Waals surface area contributed by atoms with Crippen LogP contribution in [0.4, 0.5) is 0 Å². The Bertz CT molecular complexity index is 576. The van der Waals surface area contributed by atoms with Crippen LogP contribution >= 0.6 is 15.9 Å². The maximum atomic E-state index is 9.78. The highest BCUT2D eigenvalue weighted by Crippen LogP contribution is 2.26. The van der Waals surface area contributed by atoms with Gasteiger partial charge in [0, 0.05) is 10.0 Å². The molecule has 5 heteroatoms. The summed E-state index contributed by atoms with van der Waals surface area (Å²) in [7, 11) is 0. The van der Waals surface area contributed by atoms with Gasteiger partial charge in [-0.05, 0) is 51.0 Å². The van der Waals surface area contributed by atoms with E-state index in [0.717, 1.165) is 21.2 Å². The summed E-state index contributed by atoms with van der Waals surface area (Å²) in [6.45, 7) is 8.03. The fourth-order valence-electron chi connectivity index (χ4n) is 1.97. The average molecular weight is 324 g/mol. The predicted octanol–water partition coefficient (Wildman–Crippen LogP) is 3.10. The molecular weight excluding hydrogens is 306 g/mol. The van der Waals surface area contributed by atoms with Gasteiger partial charge in [-0.1, -0.05) is 15.9 Å². The quantitative estimate of drug-likeness (QED) is 0.944. The van der Waals surface area contributed by atoms with Crippen molar-refractivity contribution in [1.82, 2.24) is 14.8 Å². The molecule has 2 aromatic rings. The lowest BCUT2D eigenvalue weighted by molar-refractivity contribution is 0.0577. The summed E-state index contributed by atoms with van der Waals surface area (Å²) < 4.78 is 2.79. The highest BCUT2D eigenvalue weighted by molar-refractivity contribution is 9.10. The molecular formula is C14H18BrN3O. The zero-order valence-corrected chi connectivity index (χ0v) is 13.2. The number of halogens is 1. The molecule has 1 aromatic carbocycles. The predicted molar refractivity (Wildman–Crippen MR) is 78.9 cm³/mol. The second kappa shape index (κ2) is 5.06. The summed E-state index contributed by atoms with van der Waals surface area (Å²) in [6.07, 6.45) is 1.65. The van der Waals surface area contributed by atoms with Gasteiger partial charge in [0.2, 0.25) is 0 Å². The minimum Gasteiger partial charge on any atom is -0.389 e. The third kappa shape index (κ3) is 3.42. The molecule has 1 aromatic heterocycles. The Morgan fingerprint density at radius 3 is 2.37 bits per heavy atom. The van der Waals surface area contributed by atoms with E-state index in [1.165, 1.54) is 0 Å². The largest absolute Gasteiger partial charge is 0.389 e. The number of aliphatic hydroxyl groups is 1. The smallest absolute Gasteiger partial charge is 0.181 e. The minimum atomic E-state index is -0.795. The van der Waals surface area contributed by atoms with Crippen LogP contribution in [0, 0.1) is 13.8 Å². The SMILES string of the molecule is Cc1cc(-c2ncn(CC(C)(C)O)n2)cc(C)c1Br. The summed E-state index contributed by atoms with van der Waals surface area (Å²) in [6, 6.07) is 4.11. The van der Waals surface area contributed by atoms with Gasteiger partial charge in [0.05, 0.1) is 12.1 Å². The number of hydrogen-bond donors (Lipinski definition) is 1. The summed E-state index contributed by atoms with van der Waals surface area (Å²) in [5.74, 6) is 0.683. The Balaban J connectivity index is 2.33. The first-order valence-electron chi connectivity index (χ1n) is 6.15.